The number of fused-ring (bicyclic) bond motifs is 1. The van der Waals surface area contributed by atoms with Crippen LogP contribution in [0.1, 0.15) is 36.6 Å². The maximum atomic E-state index is 14.0. The first-order valence-corrected chi connectivity index (χ1v) is 15.6. The number of carbonyl (C=O) groups excluding carboxylic acids is 1. The van der Waals surface area contributed by atoms with Crippen LogP contribution in [0.3, 0.4) is 0 Å². The molecule has 0 aliphatic carbocycles. The van der Waals surface area contributed by atoms with Gasteiger partial charge in [0.05, 0.1) is 35.6 Å². The zero-order valence-corrected chi connectivity index (χ0v) is 27.2. The normalized spacial score (nSPS) is 14.4. The van der Waals surface area contributed by atoms with Crippen molar-refractivity contribution in [3.05, 3.63) is 131 Å². The number of thiazole rings is 1. The highest BCUT2D eigenvalue weighted by molar-refractivity contribution is 7.07. The molecule has 1 aromatic heterocycles. The van der Waals surface area contributed by atoms with E-state index in [9.17, 15) is 9.59 Å². The number of ether oxygens (including phenoxy) is 4. The van der Waals surface area contributed by atoms with Gasteiger partial charge in [-0.05, 0) is 67.4 Å². The maximum Gasteiger partial charge on any atom is 0.338 e. The van der Waals surface area contributed by atoms with Gasteiger partial charge in [0, 0.05) is 15.6 Å². The van der Waals surface area contributed by atoms with Gasteiger partial charge in [0.1, 0.15) is 19.0 Å². The molecule has 232 valence electrons. The topological polar surface area (TPSA) is 88.4 Å². The van der Waals surface area contributed by atoms with Crippen LogP contribution < -0.4 is 29.1 Å². The van der Waals surface area contributed by atoms with Crippen LogP contribution in [0.5, 0.6) is 17.2 Å². The molecule has 0 amide bonds. The molecule has 11 heteroatoms. The van der Waals surface area contributed by atoms with E-state index in [2.05, 4.69) is 11.6 Å². The highest BCUT2D eigenvalue weighted by Gasteiger charge is 2.33. The van der Waals surface area contributed by atoms with E-state index in [1.54, 1.807) is 80.1 Å². The molecule has 0 unspecified atom stereocenters. The molecule has 4 aromatic rings. The standard InChI is InChI=1S/C34H30Cl2N2O6S/c1-5-15-43-25-12-9-22(10-13-25)31-30(33(40)42-6-2)20(3)37-34-38(31)32(39)29(45-34)17-21-7-14-27(28(16-21)41-4)44-19-23-8-11-24(35)18-26(23)36/h5,7-14,16-18,31H,1,6,15,19H2,2-4H3/b29-17-/t31-/m0/s1. The predicted octanol–water partition coefficient (Wildman–Crippen LogP) is 6.26. The molecule has 45 heavy (non-hydrogen) atoms. The van der Waals surface area contributed by atoms with Crippen LogP contribution in [-0.4, -0.2) is 30.9 Å². The van der Waals surface area contributed by atoms with Crippen LogP contribution in [-0.2, 0) is 16.1 Å². The highest BCUT2D eigenvalue weighted by atomic mass is 35.5. The summed E-state index contributed by atoms with van der Waals surface area (Å²) in [7, 11) is 1.54. The number of benzene rings is 3. The number of methoxy groups -OCH3 is 1. The van der Waals surface area contributed by atoms with Crippen molar-refractivity contribution in [3.63, 3.8) is 0 Å². The fourth-order valence-corrected chi connectivity index (χ4v) is 6.36. The van der Waals surface area contributed by atoms with E-state index in [1.807, 2.05) is 18.2 Å². The van der Waals surface area contributed by atoms with E-state index in [-0.39, 0.29) is 18.8 Å². The summed E-state index contributed by atoms with van der Waals surface area (Å²) < 4.78 is 24.6. The lowest BCUT2D eigenvalue weighted by atomic mass is 9.96. The molecular formula is C34H30Cl2N2O6S. The van der Waals surface area contributed by atoms with Crippen molar-refractivity contribution in [1.29, 1.82) is 0 Å². The molecule has 1 aliphatic heterocycles. The lowest BCUT2D eigenvalue weighted by Gasteiger charge is -2.24. The fraction of sp³-hybridized carbons (Fsp3) is 0.206. The Balaban J connectivity index is 1.52. The fourth-order valence-electron chi connectivity index (χ4n) is 4.85. The van der Waals surface area contributed by atoms with E-state index >= 15 is 0 Å². The van der Waals surface area contributed by atoms with Crippen LogP contribution in [0.25, 0.3) is 6.08 Å². The number of nitrogens with zero attached hydrogens (tertiary/aromatic N) is 2. The number of hydrogen-bond acceptors (Lipinski definition) is 8. The number of hydrogen-bond donors (Lipinski definition) is 0. The van der Waals surface area contributed by atoms with Gasteiger partial charge < -0.3 is 18.9 Å². The molecule has 0 spiro atoms. The quantitative estimate of drug-likeness (QED) is 0.139. The van der Waals surface area contributed by atoms with Crippen LogP contribution >= 0.6 is 34.5 Å². The summed E-state index contributed by atoms with van der Waals surface area (Å²) in [6, 6.07) is 17.1. The maximum absolute atomic E-state index is 14.0. The molecule has 0 N–H and O–H groups in total. The third-order valence-corrected chi connectivity index (χ3v) is 8.53. The highest BCUT2D eigenvalue weighted by Crippen LogP contribution is 2.33. The van der Waals surface area contributed by atoms with Crippen molar-refractivity contribution in [2.24, 2.45) is 4.99 Å². The minimum absolute atomic E-state index is 0.190. The number of halogens is 2. The molecule has 8 nitrogen and oxygen atoms in total. The summed E-state index contributed by atoms with van der Waals surface area (Å²) >= 11 is 13.5. The molecule has 2 heterocycles. The summed E-state index contributed by atoms with van der Waals surface area (Å²) in [6.07, 6.45) is 3.42. The van der Waals surface area contributed by atoms with Gasteiger partial charge in [0.25, 0.3) is 5.56 Å². The molecule has 0 saturated carbocycles. The zero-order chi connectivity index (χ0) is 32.1. The Hall–Kier alpha value is -4.31. The van der Waals surface area contributed by atoms with Crippen LogP contribution in [0.2, 0.25) is 10.0 Å². The first kappa shape index (κ1) is 32.1. The first-order valence-electron chi connectivity index (χ1n) is 14.0. The van der Waals surface area contributed by atoms with E-state index in [0.29, 0.717) is 54.5 Å². The minimum atomic E-state index is -0.735. The summed E-state index contributed by atoms with van der Waals surface area (Å²) in [5.41, 5.74) is 2.72. The third kappa shape index (κ3) is 7.01. The second-order valence-corrected chi connectivity index (χ2v) is 11.8. The van der Waals surface area contributed by atoms with Crippen molar-refractivity contribution < 1.29 is 23.7 Å². The van der Waals surface area contributed by atoms with Crippen LogP contribution in [0.4, 0.5) is 0 Å². The van der Waals surface area contributed by atoms with Gasteiger partial charge in [0.15, 0.2) is 16.3 Å². The van der Waals surface area contributed by atoms with Crippen molar-refractivity contribution >= 4 is 46.6 Å². The Kier molecular flexibility index (Phi) is 10.1. The Morgan fingerprint density at radius 3 is 2.53 bits per heavy atom. The molecule has 1 aliphatic rings. The molecule has 0 radical (unpaired) electrons. The number of esters is 1. The SMILES string of the molecule is C=CCOc1ccc([C@H]2C(C(=O)OCC)=C(C)N=c3s/c(=C\c4ccc(OCc5ccc(Cl)cc5Cl)c(OC)c4)c(=O)n32)cc1. The number of aromatic nitrogens is 1. The Labute approximate surface area is 274 Å². The predicted molar refractivity (Wildman–Crippen MR) is 176 cm³/mol. The van der Waals surface area contributed by atoms with Gasteiger partial charge in [0.2, 0.25) is 0 Å². The van der Waals surface area contributed by atoms with Gasteiger partial charge in [-0.3, -0.25) is 9.36 Å². The van der Waals surface area contributed by atoms with Gasteiger partial charge >= 0.3 is 5.97 Å². The monoisotopic (exact) mass is 664 g/mol. The molecule has 0 fully saturated rings. The Bertz CT molecular complexity index is 1960. The number of allylic oxidation sites excluding steroid dienone is 1. The minimum Gasteiger partial charge on any atom is -0.493 e. The van der Waals surface area contributed by atoms with E-state index in [1.165, 1.54) is 11.3 Å². The number of rotatable bonds is 11. The first-order chi connectivity index (χ1) is 21.7. The van der Waals surface area contributed by atoms with E-state index in [0.717, 1.165) is 16.7 Å². The van der Waals surface area contributed by atoms with Crippen molar-refractivity contribution in [2.75, 3.05) is 20.3 Å². The lowest BCUT2D eigenvalue weighted by Crippen LogP contribution is -2.39. The van der Waals surface area contributed by atoms with Gasteiger partial charge in [-0.15, -0.1) is 0 Å². The average Bonchev–Trinajstić information content (AvgIpc) is 3.33. The van der Waals surface area contributed by atoms with Crippen molar-refractivity contribution in [3.8, 4) is 17.2 Å². The molecule has 5 rings (SSSR count). The summed E-state index contributed by atoms with van der Waals surface area (Å²) in [5.74, 6) is 1.11. The summed E-state index contributed by atoms with van der Waals surface area (Å²) in [4.78, 5) is 32.3. The van der Waals surface area contributed by atoms with Gasteiger partial charge in [-0.25, -0.2) is 9.79 Å². The van der Waals surface area contributed by atoms with E-state index in [4.69, 9.17) is 42.1 Å². The molecule has 0 saturated heterocycles. The second kappa shape index (κ2) is 14.2. The summed E-state index contributed by atoms with van der Waals surface area (Å²) in [5, 5.41) is 1.05. The Morgan fingerprint density at radius 2 is 1.84 bits per heavy atom. The second-order valence-electron chi connectivity index (χ2n) is 9.91. The van der Waals surface area contributed by atoms with E-state index < -0.39 is 12.0 Å². The van der Waals surface area contributed by atoms with Crippen molar-refractivity contribution in [1.82, 2.24) is 4.57 Å². The van der Waals surface area contributed by atoms with Gasteiger partial charge in [-0.2, -0.15) is 0 Å². The van der Waals surface area contributed by atoms with Crippen molar-refractivity contribution in [2.45, 2.75) is 26.5 Å². The molecular weight excluding hydrogens is 635 g/mol. The lowest BCUT2D eigenvalue weighted by molar-refractivity contribution is -0.139. The molecule has 3 aromatic carbocycles. The molecule has 0 bridgehead atoms. The third-order valence-electron chi connectivity index (χ3n) is 6.96. The van der Waals surface area contributed by atoms with Crippen LogP contribution in [0.15, 0.2) is 94.4 Å². The molecule has 1 atom stereocenters. The number of carbonyl (C=O) groups is 1. The van der Waals surface area contributed by atoms with Crippen LogP contribution in [0, 0.1) is 0 Å². The zero-order valence-electron chi connectivity index (χ0n) is 24.8. The average molecular weight is 666 g/mol. The summed E-state index contributed by atoms with van der Waals surface area (Å²) in [6.45, 7) is 7.92. The van der Waals surface area contributed by atoms with Gasteiger partial charge in [-0.1, -0.05) is 71.5 Å². The Morgan fingerprint density at radius 1 is 1.07 bits per heavy atom. The largest absolute Gasteiger partial charge is 0.493 e. The smallest absolute Gasteiger partial charge is 0.338 e.